The maximum Gasteiger partial charge on any atom is 0.408 e. The van der Waals surface area contributed by atoms with Crippen LogP contribution >= 0.6 is 0 Å². The molecule has 0 aliphatic rings. The van der Waals surface area contributed by atoms with Crippen LogP contribution < -0.4 is 10.6 Å². The van der Waals surface area contributed by atoms with Crippen LogP contribution in [0.15, 0.2) is 48.5 Å². The lowest BCUT2D eigenvalue weighted by Gasteiger charge is -2.29. The molecule has 9 heteroatoms. The highest BCUT2D eigenvalue weighted by Crippen LogP contribution is 2.25. The quantitative estimate of drug-likeness (QED) is 0.370. The number of hydrogen-bond donors (Lipinski definition) is 3. The van der Waals surface area contributed by atoms with Gasteiger partial charge in [0.25, 0.3) is 0 Å². The molecule has 2 aromatic carbocycles. The molecule has 0 aliphatic heterocycles. The van der Waals surface area contributed by atoms with Crippen molar-refractivity contribution in [2.75, 3.05) is 0 Å². The Morgan fingerprint density at radius 1 is 0.842 bits per heavy atom. The Morgan fingerprint density at radius 2 is 1.39 bits per heavy atom. The van der Waals surface area contributed by atoms with E-state index in [1.165, 1.54) is 13.0 Å². The Bertz CT molecular complexity index is 1120. The van der Waals surface area contributed by atoms with Crippen molar-refractivity contribution < 1.29 is 33.4 Å². The van der Waals surface area contributed by atoms with E-state index in [2.05, 4.69) is 10.6 Å². The summed E-state index contributed by atoms with van der Waals surface area (Å²) in [6, 6.07) is 13.6. The zero-order chi connectivity index (χ0) is 28.7. The fraction of sp³-hybridized carbons (Fsp3) is 0.483. The smallest absolute Gasteiger partial charge is 0.408 e. The van der Waals surface area contributed by atoms with Crippen molar-refractivity contribution >= 4 is 18.2 Å². The van der Waals surface area contributed by atoms with Crippen LogP contribution in [0.2, 0.25) is 0 Å². The number of carboxylic acid groups (broad SMARTS) is 1. The minimum Gasteiger partial charge on any atom is -0.480 e. The summed E-state index contributed by atoms with van der Waals surface area (Å²) in [5, 5.41) is 15.1. The van der Waals surface area contributed by atoms with Gasteiger partial charge < -0.3 is 25.2 Å². The zero-order valence-corrected chi connectivity index (χ0v) is 23.2. The molecule has 0 aliphatic carbocycles. The van der Waals surface area contributed by atoms with E-state index in [4.69, 9.17) is 9.47 Å². The second kappa shape index (κ2) is 12.3. The third-order valence-corrected chi connectivity index (χ3v) is 5.55. The summed E-state index contributed by atoms with van der Waals surface area (Å²) < 4.78 is 26.2. The van der Waals surface area contributed by atoms with Crippen molar-refractivity contribution in [1.82, 2.24) is 10.6 Å². The lowest BCUT2D eigenvalue weighted by Crippen LogP contribution is -2.55. The van der Waals surface area contributed by atoms with Gasteiger partial charge in [-0.2, -0.15) is 0 Å². The lowest BCUT2D eigenvalue weighted by molar-refractivity contribution is -0.144. The third-order valence-electron chi connectivity index (χ3n) is 5.55. The molecule has 0 saturated carbocycles. The van der Waals surface area contributed by atoms with Crippen LogP contribution in [0, 0.1) is 5.82 Å². The lowest BCUT2D eigenvalue weighted by atomic mass is 9.90. The fourth-order valence-electron chi connectivity index (χ4n) is 3.80. The molecule has 2 unspecified atom stereocenters. The molecule has 0 bridgehead atoms. The van der Waals surface area contributed by atoms with Gasteiger partial charge in [-0.05, 0) is 78.0 Å². The Labute approximate surface area is 223 Å². The normalized spacial score (nSPS) is 14.1. The largest absolute Gasteiger partial charge is 0.480 e. The van der Waals surface area contributed by atoms with Crippen LogP contribution in [0.5, 0.6) is 0 Å². The van der Waals surface area contributed by atoms with Crippen LogP contribution in [-0.2, 0) is 27.1 Å². The molecule has 0 spiro atoms. The van der Waals surface area contributed by atoms with Crippen LogP contribution in [0.25, 0.3) is 0 Å². The number of benzene rings is 2. The monoisotopic (exact) mass is 530 g/mol. The molecule has 2 amide bonds. The number of nitrogens with one attached hydrogen (secondary N) is 2. The Hall–Kier alpha value is -3.62. The average molecular weight is 531 g/mol. The van der Waals surface area contributed by atoms with E-state index in [0.29, 0.717) is 12.0 Å². The fourth-order valence-corrected chi connectivity index (χ4v) is 3.80. The van der Waals surface area contributed by atoms with Crippen LogP contribution in [-0.4, -0.2) is 40.0 Å². The van der Waals surface area contributed by atoms with Gasteiger partial charge in [-0.15, -0.1) is 0 Å². The summed E-state index contributed by atoms with van der Waals surface area (Å²) in [5.74, 6) is -1.88. The number of aliphatic carboxylic acids is 1. The van der Waals surface area contributed by atoms with E-state index >= 15 is 4.39 Å². The van der Waals surface area contributed by atoms with Crippen molar-refractivity contribution in [2.24, 2.45) is 0 Å². The minimum atomic E-state index is -1.80. The summed E-state index contributed by atoms with van der Waals surface area (Å²) >= 11 is 0. The number of carbonyl (C=O) groups excluding carboxylic acids is 2. The molecular weight excluding hydrogens is 491 g/mol. The first-order valence-corrected chi connectivity index (χ1v) is 12.5. The highest BCUT2D eigenvalue weighted by atomic mass is 19.1. The topological polar surface area (TPSA) is 114 Å². The molecule has 2 aromatic rings. The van der Waals surface area contributed by atoms with Crippen molar-refractivity contribution in [3.05, 3.63) is 71.0 Å². The number of rotatable bonds is 9. The van der Waals surface area contributed by atoms with Gasteiger partial charge in [-0.3, -0.25) is 0 Å². The zero-order valence-electron chi connectivity index (χ0n) is 23.2. The number of aryl methyl sites for hydroxylation is 1. The van der Waals surface area contributed by atoms with E-state index in [0.717, 1.165) is 5.56 Å². The Morgan fingerprint density at radius 3 is 1.95 bits per heavy atom. The molecule has 3 N–H and O–H groups in total. The first-order chi connectivity index (χ1) is 17.5. The maximum atomic E-state index is 15.6. The summed E-state index contributed by atoms with van der Waals surface area (Å²) in [6.45, 7) is 11.6. The minimum absolute atomic E-state index is 0.139. The molecule has 0 radical (unpaired) electrons. The van der Waals surface area contributed by atoms with Crippen molar-refractivity contribution in [1.29, 1.82) is 0 Å². The van der Waals surface area contributed by atoms with E-state index < -0.39 is 46.8 Å². The van der Waals surface area contributed by atoms with Crippen molar-refractivity contribution in [2.45, 2.75) is 90.5 Å². The van der Waals surface area contributed by atoms with Gasteiger partial charge in [0.2, 0.25) is 0 Å². The van der Waals surface area contributed by atoms with Crippen LogP contribution in [0.4, 0.5) is 14.0 Å². The van der Waals surface area contributed by atoms with Crippen molar-refractivity contribution in [3.8, 4) is 0 Å². The molecule has 0 saturated heterocycles. The number of alkyl carbamates (subject to hydrolysis) is 2. The molecule has 0 aromatic heterocycles. The highest BCUT2D eigenvalue weighted by Gasteiger charge is 2.37. The number of amides is 2. The molecule has 8 nitrogen and oxygen atoms in total. The summed E-state index contributed by atoms with van der Waals surface area (Å²) in [6.07, 6.45) is -1.14. The highest BCUT2D eigenvalue weighted by molar-refractivity contribution is 5.84. The number of hydrogen-bond acceptors (Lipinski definition) is 5. The maximum absolute atomic E-state index is 15.6. The summed E-state index contributed by atoms with van der Waals surface area (Å²) in [4.78, 5) is 36.8. The van der Waals surface area contributed by atoms with E-state index in [1.807, 2.05) is 30.3 Å². The molecular formula is C29H39FN2O6. The van der Waals surface area contributed by atoms with Crippen molar-refractivity contribution in [3.63, 3.8) is 0 Å². The molecule has 0 fully saturated rings. The van der Waals surface area contributed by atoms with E-state index in [-0.39, 0.29) is 18.4 Å². The molecule has 2 rings (SSSR count). The standard InChI is InChI=1S/C29H39FN2O6/c1-27(2,3)37-25(35)31-22(19-12-9-8-10-13-19)17-16-20-14-11-15-21(23(20)30)18-29(7,24(33)34)32-26(36)38-28(4,5)6/h8-15,22H,16-18H2,1-7H3,(H,31,35)(H,32,36)(H,33,34). The van der Waals surface area contributed by atoms with E-state index in [1.54, 1.807) is 53.7 Å². The van der Waals surface area contributed by atoms with Gasteiger partial charge in [0.15, 0.2) is 0 Å². The predicted octanol–water partition coefficient (Wildman–Crippen LogP) is 5.93. The van der Waals surface area contributed by atoms with Crippen LogP contribution in [0.3, 0.4) is 0 Å². The third kappa shape index (κ3) is 9.68. The molecule has 2 atom stereocenters. The summed E-state index contributed by atoms with van der Waals surface area (Å²) in [7, 11) is 0. The molecule has 208 valence electrons. The Kier molecular flexibility index (Phi) is 9.89. The van der Waals surface area contributed by atoms with Gasteiger partial charge >= 0.3 is 18.2 Å². The summed E-state index contributed by atoms with van der Waals surface area (Å²) in [5.41, 5.74) is -1.95. The average Bonchev–Trinajstić information content (AvgIpc) is 2.76. The number of halogens is 1. The molecule has 0 heterocycles. The van der Waals surface area contributed by atoms with Gasteiger partial charge in [0.1, 0.15) is 22.6 Å². The number of ether oxygens (including phenoxy) is 2. The Balaban J connectivity index is 2.23. The SMILES string of the molecule is CC(C)(C)OC(=O)NC(CCc1cccc(CC(C)(NC(=O)OC(C)(C)C)C(=O)O)c1F)c1ccccc1. The van der Waals surface area contributed by atoms with Gasteiger partial charge in [-0.25, -0.2) is 18.8 Å². The number of carbonyl (C=O) groups is 3. The molecule has 38 heavy (non-hydrogen) atoms. The second-order valence-electron chi connectivity index (χ2n) is 11.5. The van der Waals surface area contributed by atoms with Crippen LogP contribution in [0.1, 0.15) is 77.6 Å². The first-order valence-electron chi connectivity index (χ1n) is 12.5. The van der Waals surface area contributed by atoms with Gasteiger partial charge in [-0.1, -0.05) is 48.5 Å². The second-order valence-corrected chi connectivity index (χ2v) is 11.5. The van der Waals surface area contributed by atoms with E-state index in [9.17, 15) is 19.5 Å². The number of carboxylic acids is 1. The first kappa shape index (κ1) is 30.6. The van der Waals surface area contributed by atoms with Gasteiger partial charge in [0.05, 0.1) is 6.04 Å². The van der Waals surface area contributed by atoms with Gasteiger partial charge in [0, 0.05) is 6.42 Å². The predicted molar refractivity (Wildman–Crippen MR) is 142 cm³/mol.